The van der Waals surface area contributed by atoms with E-state index in [4.69, 9.17) is 23.2 Å². The van der Waals surface area contributed by atoms with Gasteiger partial charge < -0.3 is 15.5 Å². The van der Waals surface area contributed by atoms with Crippen molar-refractivity contribution in [3.63, 3.8) is 0 Å². The molecule has 0 amide bonds. The van der Waals surface area contributed by atoms with Crippen LogP contribution in [-0.2, 0) is 0 Å². The van der Waals surface area contributed by atoms with Crippen LogP contribution in [0.3, 0.4) is 0 Å². The molecule has 0 saturated heterocycles. The molecule has 0 aliphatic rings. The van der Waals surface area contributed by atoms with Crippen molar-refractivity contribution in [2.75, 3.05) is 37.8 Å². The van der Waals surface area contributed by atoms with Crippen molar-refractivity contribution in [2.24, 2.45) is 0 Å². The summed E-state index contributed by atoms with van der Waals surface area (Å²) < 4.78 is 0. The van der Waals surface area contributed by atoms with E-state index in [2.05, 4.69) is 30.7 Å². The predicted molar refractivity (Wildman–Crippen MR) is 91.2 cm³/mol. The predicted octanol–water partition coefficient (Wildman–Crippen LogP) is 3.29. The Hall–Kier alpha value is -1.63. The molecule has 1 heterocycles. The molecule has 1 aromatic heterocycles. The fraction of sp³-hybridized carbons (Fsp3) is 0.357. The lowest BCUT2D eigenvalue weighted by Gasteiger charge is -2.11. The van der Waals surface area contributed by atoms with Crippen LogP contribution in [0.1, 0.15) is 6.42 Å². The van der Waals surface area contributed by atoms with Gasteiger partial charge in [-0.25, -0.2) is 0 Å². The standard InChI is InChI=1S/C14H18Cl2N6/c1-22(2)8-4-7-17-14-20-12(9-18-21-14)19-11-6-3-5-10(15)13(11)16/h3,5-6,9H,4,7-8H2,1-2H3,(H2,17,19,20,21). The zero-order valence-corrected chi connectivity index (χ0v) is 14.0. The Morgan fingerprint density at radius 2 is 2.05 bits per heavy atom. The highest BCUT2D eigenvalue weighted by atomic mass is 35.5. The van der Waals surface area contributed by atoms with Crippen molar-refractivity contribution in [3.8, 4) is 0 Å². The second-order valence-electron chi connectivity index (χ2n) is 4.98. The maximum absolute atomic E-state index is 6.14. The Bertz CT molecular complexity index is 620. The topological polar surface area (TPSA) is 66.0 Å². The third-order valence-electron chi connectivity index (χ3n) is 2.84. The molecular formula is C14H18Cl2N6. The van der Waals surface area contributed by atoms with Gasteiger partial charge in [0.05, 0.1) is 21.9 Å². The van der Waals surface area contributed by atoms with Gasteiger partial charge in [0.25, 0.3) is 0 Å². The van der Waals surface area contributed by atoms with E-state index < -0.39 is 0 Å². The molecule has 6 nitrogen and oxygen atoms in total. The zero-order valence-electron chi connectivity index (χ0n) is 12.5. The van der Waals surface area contributed by atoms with Gasteiger partial charge in [0.15, 0.2) is 5.82 Å². The first-order chi connectivity index (χ1) is 10.6. The van der Waals surface area contributed by atoms with Crippen LogP contribution in [0.4, 0.5) is 17.5 Å². The largest absolute Gasteiger partial charge is 0.353 e. The Morgan fingerprint density at radius 3 is 2.82 bits per heavy atom. The second kappa shape index (κ2) is 8.12. The smallest absolute Gasteiger partial charge is 0.244 e. The highest BCUT2D eigenvalue weighted by Gasteiger charge is 2.06. The molecular weight excluding hydrogens is 323 g/mol. The first kappa shape index (κ1) is 16.7. The Balaban J connectivity index is 1.98. The molecule has 8 heteroatoms. The summed E-state index contributed by atoms with van der Waals surface area (Å²) in [4.78, 5) is 6.47. The van der Waals surface area contributed by atoms with Gasteiger partial charge in [-0.2, -0.15) is 10.1 Å². The molecule has 2 N–H and O–H groups in total. The summed E-state index contributed by atoms with van der Waals surface area (Å²) in [6.07, 6.45) is 2.52. The van der Waals surface area contributed by atoms with Gasteiger partial charge in [-0.15, -0.1) is 5.10 Å². The highest BCUT2D eigenvalue weighted by Crippen LogP contribution is 2.31. The molecule has 0 bridgehead atoms. The van der Waals surface area contributed by atoms with Gasteiger partial charge in [0.1, 0.15) is 0 Å². The Labute approximate surface area is 139 Å². The number of nitrogens with one attached hydrogen (secondary N) is 2. The Kier molecular flexibility index (Phi) is 6.18. The van der Waals surface area contributed by atoms with Crippen LogP contribution >= 0.6 is 23.2 Å². The van der Waals surface area contributed by atoms with E-state index in [9.17, 15) is 0 Å². The van der Waals surface area contributed by atoms with E-state index >= 15 is 0 Å². The summed E-state index contributed by atoms with van der Waals surface area (Å²) >= 11 is 12.1. The monoisotopic (exact) mass is 340 g/mol. The second-order valence-corrected chi connectivity index (χ2v) is 5.76. The summed E-state index contributed by atoms with van der Waals surface area (Å²) in [5.41, 5.74) is 0.674. The average Bonchev–Trinajstić information content (AvgIpc) is 2.49. The van der Waals surface area contributed by atoms with Crippen LogP contribution in [-0.4, -0.2) is 47.3 Å². The molecule has 0 atom stereocenters. The number of hydrogen-bond donors (Lipinski definition) is 2. The van der Waals surface area contributed by atoms with Gasteiger partial charge in [0.2, 0.25) is 5.95 Å². The van der Waals surface area contributed by atoms with Gasteiger partial charge in [0, 0.05) is 6.54 Å². The fourth-order valence-electron chi connectivity index (χ4n) is 1.77. The van der Waals surface area contributed by atoms with Gasteiger partial charge >= 0.3 is 0 Å². The SMILES string of the molecule is CN(C)CCCNc1nncc(Nc2cccc(Cl)c2Cl)n1. The van der Waals surface area contributed by atoms with Gasteiger partial charge in [-0.1, -0.05) is 29.3 Å². The molecule has 0 radical (unpaired) electrons. The highest BCUT2D eigenvalue weighted by molar-refractivity contribution is 6.43. The molecule has 2 aromatic rings. The van der Waals surface area contributed by atoms with Crippen LogP contribution in [0.2, 0.25) is 10.0 Å². The molecule has 1 aromatic carbocycles. The van der Waals surface area contributed by atoms with Crippen molar-refractivity contribution in [2.45, 2.75) is 6.42 Å². The number of rotatable bonds is 7. The Morgan fingerprint density at radius 1 is 1.23 bits per heavy atom. The van der Waals surface area contributed by atoms with Crippen molar-refractivity contribution >= 4 is 40.7 Å². The molecule has 2 rings (SSSR count). The lowest BCUT2D eigenvalue weighted by atomic mass is 10.3. The van der Waals surface area contributed by atoms with E-state index in [1.54, 1.807) is 6.07 Å². The van der Waals surface area contributed by atoms with E-state index in [1.165, 1.54) is 6.20 Å². The van der Waals surface area contributed by atoms with E-state index in [1.807, 2.05) is 26.2 Å². The van der Waals surface area contributed by atoms with E-state index in [0.717, 1.165) is 19.5 Å². The summed E-state index contributed by atoms with van der Waals surface area (Å²) in [5.74, 6) is 1.02. The third-order valence-corrected chi connectivity index (χ3v) is 3.66. The summed E-state index contributed by atoms with van der Waals surface area (Å²) in [7, 11) is 4.08. The molecule has 0 saturated carbocycles. The number of anilines is 3. The summed E-state index contributed by atoms with van der Waals surface area (Å²) in [6.45, 7) is 1.78. The minimum Gasteiger partial charge on any atom is -0.353 e. The lowest BCUT2D eigenvalue weighted by Crippen LogP contribution is -2.17. The average molecular weight is 341 g/mol. The molecule has 22 heavy (non-hydrogen) atoms. The van der Waals surface area contributed by atoms with Crippen molar-refractivity contribution in [3.05, 3.63) is 34.4 Å². The van der Waals surface area contributed by atoms with Crippen LogP contribution < -0.4 is 10.6 Å². The van der Waals surface area contributed by atoms with Crippen LogP contribution in [0.25, 0.3) is 0 Å². The molecule has 0 unspecified atom stereocenters. The van der Waals surface area contributed by atoms with Crippen LogP contribution in [0.5, 0.6) is 0 Å². The quantitative estimate of drug-likeness (QED) is 0.754. The molecule has 0 spiro atoms. The maximum atomic E-state index is 6.14. The number of nitrogens with zero attached hydrogens (tertiary/aromatic N) is 4. The van der Waals surface area contributed by atoms with Gasteiger partial charge in [-0.05, 0) is 39.2 Å². The normalized spacial score (nSPS) is 10.8. The summed E-state index contributed by atoms with van der Waals surface area (Å²) in [5, 5.41) is 15.0. The third kappa shape index (κ3) is 4.98. The number of aromatic nitrogens is 3. The van der Waals surface area contributed by atoms with Crippen molar-refractivity contribution in [1.82, 2.24) is 20.1 Å². The summed E-state index contributed by atoms with van der Waals surface area (Å²) in [6, 6.07) is 5.36. The molecule has 0 aliphatic heterocycles. The van der Waals surface area contributed by atoms with Crippen LogP contribution in [0, 0.1) is 0 Å². The van der Waals surface area contributed by atoms with E-state index in [0.29, 0.717) is 27.5 Å². The van der Waals surface area contributed by atoms with Gasteiger partial charge in [-0.3, -0.25) is 0 Å². The lowest BCUT2D eigenvalue weighted by molar-refractivity contribution is 0.405. The molecule has 118 valence electrons. The first-order valence-electron chi connectivity index (χ1n) is 6.85. The first-order valence-corrected chi connectivity index (χ1v) is 7.61. The molecule has 0 fully saturated rings. The maximum Gasteiger partial charge on any atom is 0.244 e. The van der Waals surface area contributed by atoms with E-state index in [-0.39, 0.29) is 0 Å². The number of hydrogen-bond acceptors (Lipinski definition) is 6. The zero-order chi connectivity index (χ0) is 15.9. The minimum absolute atomic E-state index is 0.447. The molecule has 0 aliphatic carbocycles. The van der Waals surface area contributed by atoms with Crippen molar-refractivity contribution < 1.29 is 0 Å². The number of benzene rings is 1. The van der Waals surface area contributed by atoms with Crippen LogP contribution in [0.15, 0.2) is 24.4 Å². The number of halogens is 2. The fourth-order valence-corrected chi connectivity index (χ4v) is 2.12. The van der Waals surface area contributed by atoms with Crippen molar-refractivity contribution in [1.29, 1.82) is 0 Å². The minimum atomic E-state index is 0.447.